The van der Waals surface area contributed by atoms with Gasteiger partial charge in [0, 0.05) is 16.3 Å². The average Bonchev–Trinajstić information content (AvgIpc) is 3.47. The number of amides is 1. The highest BCUT2D eigenvalue weighted by molar-refractivity contribution is 8.00. The quantitative estimate of drug-likeness (QED) is 0.0947. The molecule has 3 aromatic carbocycles. The number of halogens is 1. The van der Waals surface area contributed by atoms with E-state index in [1.165, 1.54) is 28.0 Å². The predicted molar refractivity (Wildman–Crippen MR) is 148 cm³/mol. The summed E-state index contributed by atoms with van der Waals surface area (Å²) < 4.78 is 0.671. The minimum Gasteiger partial charge on any atom is -0.507 e. The third kappa shape index (κ3) is 5.05. The molecular weight excluding hydrogens is 526 g/mol. The Morgan fingerprint density at radius 2 is 1.76 bits per heavy atom. The Bertz CT molecular complexity index is 1520. The lowest BCUT2D eigenvalue weighted by Gasteiger charge is -2.22. The largest absolute Gasteiger partial charge is 0.507 e. The number of Topliss-reactive ketones (excluding diaryl/α,β-unsaturated/α-hetero) is 1. The smallest absolute Gasteiger partial charge is 0.301 e. The van der Waals surface area contributed by atoms with E-state index in [9.17, 15) is 14.7 Å². The van der Waals surface area contributed by atoms with Gasteiger partial charge in [0.15, 0.2) is 4.34 Å². The van der Waals surface area contributed by atoms with Gasteiger partial charge in [0.25, 0.3) is 5.78 Å². The molecule has 1 aliphatic rings. The number of anilines is 1. The molecule has 0 radical (unpaired) electrons. The molecular formula is C28H22ClN3O3S2. The monoisotopic (exact) mass is 547 g/mol. The van der Waals surface area contributed by atoms with Gasteiger partial charge in [-0.25, -0.2) is 0 Å². The third-order valence-electron chi connectivity index (χ3n) is 6.09. The Balaban J connectivity index is 1.58. The zero-order valence-corrected chi connectivity index (χ0v) is 22.4. The van der Waals surface area contributed by atoms with Crippen LogP contribution in [-0.4, -0.2) is 27.0 Å². The number of aliphatic hydroxyl groups is 1. The Hall–Kier alpha value is -3.46. The lowest BCUT2D eigenvalue weighted by atomic mass is 9.93. The summed E-state index contributed by atoms with van der Waals surface area (Å²) in [7, 11) is 0. The molecule has 0 aliphatic carbocycles. The van der Waals surface area contributed by atoms with Gasteiger partial charge >= 0.3 is 5.91 Å². The van der Waals surface area contributed by atoms with Crippen molar-refractivity contribution in [3.8, 4) is 0 Å². The first-order valence-corrected chi connectivity index (χ1v) is 13.7. The molecule has 0 saturated carbocycles. The summed E-state index contributed by atoms with van der Waals surface area (Å²) in [6.45, 7) is 3.75. The van der Waals surface area contributed by atoms with Gasteiger partial charge in [-0.2, -0.15) is 0 Å². The molecule has 5 rings (SSSR count). The van der Waals surface area contributed by atoms with Crippen molar-refractivity contribution in [1.82, 2.24) is 10.2 Å². The highest BCUT2D eigenvalue weighted by Crippen LogP contribution is 2.44. The van der Waals surface area contributed by atoms with Crippen LogP contribution < -0.4 is 4.90 Å². The van der Waals surface area contributed by atoms with Crippen molar-refractivity contribution in [2.75, 3.05) is 4.90 Å². The zero-order valence-electron chi connectivity index (χ0n) is 20.0. The summed E-state index contributed by atoms with van der Waals surface area (Å²) in [5, 5.41) is 20.7. The summed E-state index contributed by atoms with van der Waals surface area (Å²) in [5.74, 6) is -1.05. The predicted octanol–water partition coefficient (Wildman–Crippen LogP) is 6.73. The average molecular weight is 548 g/mol. The number of hydrogen-bond donors (Lipinski definition) is 1. The van der Waals surface area contributed by atoms with Crippen LogP contribution in [0.15, 0.2) is 82.7 Å². The van der Waals surface area contributed by atoms with Gasteiger partial charge in [0.05, 0.1) is 11.6 Å². The van der Waals surface area contributed by atoms with Gasteiger partial charge in [-0.15, -0.1) is 10.2 Å². The van der Waals surface area contributed by atoms with Crippen LogP contribution >= 0.6 is 34.7 Å². The van der Waals surface area contributed by atoms with Crippen molar-refractivity contribution in [1.29, 1.82) is 0 Å². The van der Waals surface area contributed by atoms with Crippen LogP contribution in [0.25, 0.3) is 5.76 Å². The molecule has 1 aromatic heterocycles. The number of aromatic nitrogens is 2. The van der Waals surface area contributed by atoms with E-state index in [1.54, 1.807) is 30.3 Å². The molecule has 4 aromatic rings. The highest BCUT2D eigenvalue weighted by Gasteiger charge is 2.48. The van der Waals surface area contributed by atoms with Crippen molar-refractivity contribution in [3.63, 3.8) is 0 Å². The van der Waals surface area contributed by atoms with Gasteiger partial charge in [0.1, 0.15) is 5.76 Å². The van der Waals surface area contributed by atoms with Crippen LogP contribution in [0, 0.1) is 13.8 Å². The number of ketones is 1. The van der Waals surface area contributed by atoms with Gasteiger partial charge < -0.3 is 5.11 Å². The third-order valence-corrected chi connectivity index (χ3v) is 8.46. The fourth-order valence-corrected chi connectivity index (χ4v) is 6.15. The van der Waals surface area contributed by atoms with Gasteiger partial charge in [-0.1, -0.05) is 94.9 Å². The lowest BCUT2D eigenvalue weighted by molar-refractivity contribution is -0.132. The normalized spacial score (nSPS) is 16.9. The van der Waals surface area contributed by atoms with Crippen LogP contribution in [0.1, 0.15) is 33.9 Å². The number of thioether (sulfide) groups is 1. The topological polar surface area (TPSA) is 83.4 Å². The van der Waals surface area contributed by atoms with Crippen molar-refractivity contribution in [3.05, 3.63) is 111 Å². The van der Waals surface area contributed by atoms with Crippen molar-refractivity contribution in [2.45, 2.75) is 30.0 Å². The first-order valence-electron chi connectivity index (χ1n) is 11.5. The number of benzene rings is 3. The molecule has 1 unspecified atom stereocenters. The van der Waals surface area contributed by atoms with Gasteiger partial charge in [-0.3, -0.25) is 14.5 Å². The van der Waals surface area contributed by atoms with Crippen molar-refractivity contribution < 1.29 is 14.7 Å². The molecule has 0 spiro atoms. The maximum absolute atomic E-state index is 13.4. The summed E-state index contributed by atoms with van der Waals surface area (Å²) in [6, 6.07) is 21.6. The molecule has 1 amide bonds. The fraction of sp³-hybridized carbons (Fsp3) is 0.143. The van der Waals surface area contributed by atoms with E-state index >= 15 is 0 Å². The second-order valence-corrected chi connectivity index (χ2v) is 11.3. The molecule has 2 heterocycles. The zero-order chi connectivity index (χ0) is 26.1. The number of aliphatic hydroxyl groups excluding tert-OH is 1. The van der Waals surface area contributed by atoms with Crippen molar-refractivity contribution in [2.24, 2.45) is 0 Å². The summed E-state index contributed by atoms with van der Waals surface area (Å²) in [6.07, 6.45) is 0. The van der Waals surface area contributed by atoms with Crippen LogP contribution in [0.2, 0.25) is 5.02 Å². The van der Waals surface area contributed by atoms with E-state index in [0.717, 1.165) is 16.7 Å². The second kappa shape index (κ2) is 10.5. The van der Waals surface area contributed by atoms with E-state index in [-0.39, 0.29) is 16.5 Å². The SMILES string of the molecule is Cc1ccc(C)c(/C(O)=C2\C(=O)C(=O)N(c3nnc(SCc4ccccc4)s3)C2c2ccc(Cl)cc2)c1. The van der Waals surface area contributed by atoms with E-state index in [1.807, 2.05) is 56.3 Å². The lowest BCUT2D eigenvalue weighted by Crippen LogP contribution is -2.29. The van der Waals surface area contributed by atoms with Gasteiger partial charge in [-0.05, 0) is 48.7 Å². The van der Waals surface area contributed by atoms with Crippen molar-refractivity contribution >= 4 is 57.3 Å². The minimum atomic E-state index is -0.878. The minimum absolute atomic E-state index is 0.00899. The standard InChI is InChI=1S/C28H22ClN3O3S2/c1-16-8-9-17(2)21(14-16)24(33)22-23(19-10-12-20(29)13-11-19)32(26(35)25(22)34)27-30-31-28(37-27)36-15-18-6-4-3-5-7-18/h3-14,23,33H,15H2,1-2H3/b24-22+. The fourth-order valence-electron chi connectivity index (χ4n) is 4.20. The molecule has 6 nitrogen and oxygen atoms in total. The van der Waals surface area contributed by atoms with Crippen LogP contribution in [0.3, 0.4) is 0 Å². The molecule has 1 fully saturated rings. The number of carbonyl (C=O) groups is 2. The number of rotatable bonds is 6. The van der Waals surface area contributed by atoms with Crippen LogP contribution in [0.4, 0.5) is 5.13 Å². The second-order valence-electron chi connectivity index (χ2n) is 8.66. The molecule has 1 aliphatic heterocycles. The summed E-state index contributed by atoms with van der Waals surface area (Å²) >= 11 is 8.86. The number of aryl methyl sites for hydroxylation is 2. The molecule has 1 saturated heterocycles. The molecule has 37 heavy (non-hydrogen) atoms. The molecule has 9 heteroatoms. The number of nitrogens with zero attached hydrogens (tertiary/aromatic N) is 3. The van der Waals surface area contributed by atoms with Crippen LogP contribution in [-0.2, 0) is 15.3 Å². The van der Waals surface area contributed by atoms with Crippen LogP contribution in [0.5, 0.6) is 0 Å². The molecule has 0 bridgehead atoms. The van der Waals surface area contributed by atoms with E-state index < -0.39 is 17.7 Å². The summed E-state index contributed by atoms with van der Waals surface area (Å²) in [4.78, 5) is 28.1. The number of hydrogen-bond acceptors (Lipinski definition) is 7. The molecule has 1 atom stereocenters. The Morgan fingerprint density at radius 1 is 1.03 bits per heavy atom. The van der Waals surface area contributed by atoms with E-state index in [4.69, 9.17) is 11.6 Å². The Kier molecular flexibility index (Phi) is 7.15. The first-order chi connectivity index (χ1) is 17.8. The first kappa shape index (κ1) is 25.2. The number of carbonyl (C=O) groups excluding carboxylic acids is 2. The van der Waals surface area contributed by atoms with Gasteiger partial charge in [0.2, 0.25) is 5.13 Å². The Labute approximate surface area is 227 Å². The Morgan fingerprint density at radius 3 is 2.49 bits per heavy atom. The van der Waals surface area contributed by atoms with E-state index in [2.05, 4.69) is 10.2 Å². The maximum atomic E-state index is 13.4. The molecule has 186 valence electrons. The molecule has 1 N–H and O–H groups in total. The van der Waals surface area contributed by atoms with E-state index in [0.29, 0.717) is 26.2 Å². The maximum Gasteiger partial charge on any atom is 0.301 e. The summed E-state index contributed by atoms with van der Waals surface area (Å²) in [5.41, 5.74) is 4.00. The highest BCUT2D eigenvalue weighted by atomic mass is 35.5.